The van der Waals surface area contributed by atoms with Crippen LogP contribution in [0, 0.1) is 17.8 Å². The Morgan fingerprint density at radius 1 is 1.19 bits per heavy atom. The summed E-state index contributed by atoms with van der Waals surface area (Å²) < 4.78 is 11.7. The number of fused-ring (bicyclic) bond motifs is 1. The molecule has 1 amide bonds. The fourth-order valence-corrected chi connectivity index (χ4v) is 5.08. The van der Waals surface area contributed by atoms with Crippen LogP contribution in [0.1, 0.15) is 49.4 Å². The smallest absolute Gasteiger partial charge is 0.251 e. The third-order valence-corrected chi connectivity index (χ3v) is 6.60. The van der Waals surface area contributed by atoms with Gasteiger partial charge in [0.05, 0.1) is 12.2 Å². The Bertz CT molecular complexity index is 617. The first-order valence-corrected chi connectivity index (χ1v) is 10.3. The van der Waals surface area contributed by atoms with E-state index in [0.29, 0.717) is 28.7 Å². The van der Waals surface area contributed by atoms with Crippen molar-refractivity contribution in [3.05, 3.63) is 34.9 Å². The molecule has 0 aromatic heterocycles. The molecule has 3 aliphatic rings. The number of carbonyl (C=O) groups excluding carboxylic acids is 1. The summed E-state index contributed by atoms with van der Waals surface area (Å²) in [6, 6.07) is 7.37. The molecule has 1 heterocycles. The highest BCUT2D eigenvalue weighted by molar-refractivity contribution is 6.30. The molecule has 1 N–H and O–H groups in total. The van der Waals surface area contributed by atoms with Crippen LogP contribution in [-0.2, 0) is 9.47 Å². The van der Waals surface area contributed by atoms with E-state index < -0.39 is 0 Å². The summed E-state index contributed by atoms with van der Waals surface area (Å²) in [6.45, 7) is 3.83. The molecule has 1 aliphatic heterocycles. The van der Waals surface area contributed by atoms with Gasteiger partial charge in [0, 0.05) is 29.8 Å². The summed E-state index contributed by atoms with van der Waals surface area (Å²) in [4.78, 5) is 12.5. The summed E-state index contributed by atoms with van der Waals surface area (Å²) >= 11 is 5.91. The van der Waals surface area contributed by atoms with Gasteiger partial charge in [-0.1, -0.05) is 18.5 Å². The third-order valence-electron chi connectivity index (χ3n) is 6.35. The van der Waals surface area contributed by atoms with Gasteiger partial charge in [0.25, 0.3) is 5.91 Å². The lowest BCUT2D eigenvalue weighted by molar-refractivity contribution is -0.0704. The van der Waals surface area contributed by atoms with Gasteiger partial charge in [0.15, 0.2) is 0 Å². The molecule has 1 aromatic rings. The Hall–Kier alpha value is -1.10. The van der Waals surface area contributed by atoms with E-state index in [4.69, 9.17) is 21.1 Å². The predicted octanol–water partition coefficient (Wildman–Crippen LogP) is 4.07. The second-order valence-corrected chi connectivity index (χ2v) is 8.38. The molecule has 3 fully saturated rings. The third kappa shape index (κ3) is 3.92. The zero-order valence-electron chi connectivity index (χ0n) is 15.3. The lowest BCUT2D eigenvalue weighted by atomic mass is 9.99. The van der Waals surface area contributed by atoms with E-state index in [-0.39, 0.29) is 11.9 Å². The van der Waals surface area contributed by atoms with Crippen molar-refractivity contribution in [2.75, 3.05) is 13.2 Å². The maximum atomic E-state index is 12.5. The van der Waals surface area contributed by atoms with Crippen molar-refractivity contribution in [2.45, 2.75) is 57.3 Å². The minimum atomic E-state index is 0.00787. The molecule has 142 valence electrons. The monoisotopic (exact) mass is 377 g/mol. The van der Waals surface area contributed by atoms with Crippen LogP contribution in [0.2, 0.25) is 5.02 Å². The molecule has 3 atom stereocenters. The van der Waals surface area contributed by atoms with Crippen molar-refractivity contribution in [1.82, 2.24) is 5.32 Å². The van der Waals surface area contributed by atoms with E-state index in [2.05, 4.69) is 12.2 Å². The molecule has 4 rings (SSSR count). The zero-order chi connectivity index (χ0) is 18.1. The van der Waals surface area contributed by atoms with Gasteiger partial charge in [-0.05, 0) is 74.1 Å². The molecule has 0 unspecified atom stereocenters. The summed E-state index contributed by atoms with van der Waals surface area (Å²) in [7, 11) is 0. The highest BCUT2D eigenvalue weighted by atomic mass is 35.5. The van der Waals surface area contributed by atoms with Gasteiger partial charge < -0.3 is 14.8 Å². The summed E-state index contributed by atoms with van der Waals surface area (Å²) in [6.07, 6.45) is 6.14. The number of nitrogens with one attached hydrogen (secondary N) is 1. The first kappa shape index (κ1) is 18.3. The lowest BCUT2D eigenvalue weighted by Gasteiger charge is -2.27. The van der Waals surface area contributed by atoms with E-state index in [1.165, 1.54) is 0 Å². The largest absolute Gasteiger partial charge is 0.381 e. The van der Waals surface area contributed by atoms with Crippen molar-refractivity contribution in [1.29, 1.82) is 0 Å². The van der Waals surface area contributed by atoms with Crippen LogP contribution in [0.3, 0.4) is 0 Å². The number of halogens is 1. The predicted molar refractivity (Wildman–Crippen MR) is 101 cm³/mol. The lowest BCUT2D eigenvalue weighted by Crippen LogP contribution is -2.38. The molecule has 1 saturated heterocycles. The summed E-state index contributed by atoms with van der Waals surface area (Å²) in [5.74, 6) is 2.06. The summed E-state index contributed by atoms with van der Waals surface area (Å²) in [5.41, 5.74) is 0.680. The second kappa shape index (κ2) is 7.87. The Balaban J connectivity index is 1.27. The van der Waals surface area contributed by atoms with Gasteiger partial charge in [-0.2, -0.15) is 0 Å². The fourth-order valence-electron chi connectivity index (χ4n) is 4.96. The van der Waals surface area contributed by atoms with Gasteiger partial charge in [-0.25, -0.2) is 0 Å². The van der Waals surface area contributed by atoms with Crippen molar-refractivity contribution in [3.63, 3.8) is 0 Å². The van der Waals surface area contributed by atoms with Crippen LogP contribution in [0.25, 0.3) is 0 Å². The molecule has 2 aliphatic carbocycles. The van der Waals surface area contributed by atoms with Crippen molar-refractivity contribution in [2.24, 2.45) is 17.8 Å². The van der Waals surface area contributed by atoms with Gasteiger partial charge in [-0.3, -0.25) is 4.79 Å². The number of benzene rings is 1. The van der Waals surface area contributed by atoms with Gasteiger partial charge in [0.2, 0.25) is 0 Å². The fraction of sp³-hybridized carbons (Fsp3) is 0.667. The first-order valence-electron chi connectivity index (χ1n) is 9.95. The van der Waals surface area contributed by atoms with E-state index in [9.17, 15) is 4.79 Å². The molecule has 1 aromatic carbocycles. The average Bonchev–Trinajstić information content (AvgIpc) is 3.15. The molecular weight excluding hydrogens is 350 g/mol. The number of ether oxygens (including phenoxy) is 2. The molecule has 0 bridgehead atoms. The standard InChI is InChI=1S/C21H28ClNO3/c1-2-19(23-21(24)13-3-5-14(22)6-4-13)20-17-11-16(12-18(17)20)26-15-7-9-25-10-8-15/h3-6,15-20H,2,7-12H2,1H3,(H,23,24)/t16?,17-,18-,19-,20?/m0/s1. The van der Waals surface area contributed by atoms with Crippen molar-refractivity contribution in [3.8, 4) is 0 Å². The van der Waals surface area contributed by atoms with Crippen LogP contribution in [0.4, 0.5) is 0 Å². The van der Waals surface area contributed by atoms with E-state index >= 15 is 0 Å². The minimum Gasteiger partial charge on any atom is -0.381 e. The topological polar surface area (TPSA) is 47.6 Å². The first-order chi connectivity index (χ1) is 12.7. The number of rotatable bonds is 6. The number of carbonyl (C=O) groups is 1. The van der Waals surface area contributed by atoms with Gasteiger partial charge in [0.1, 0.15) is 0 Å². The molecule has 2 saturated carbocycles. The average molecular weight is 378 g/mol. The number of amides is 1. The molecule has 26 heavy (non-hydrogen) atoms. The Morgan fingerprint density at radius 2 is 1.85 bits per heavy atom. The maximum absolute atomic E-state index is 12.5. The zero-order valence-corrected chi connectivity index (χ0v) is 16.1. The van der Waals surface area contributed by atoms with E-state index in [0.717, 1.165) is 57.2 Å². The van der Waals surface area contributed by atoms with E-state index in [1.54, 1.807) is 24.3 Å². The van der Waals surface area contributed by atoms with Crippen LogP contribution in [0.5, 0.6) is 0 Å². The number of hydrogen-bond donors (Lipinski definition) is 1. The molecular formula is C21H28ClNO3. The Labute approximate surface area is 160 Å². The molecule has 0 radical (unpaired) electrons. The molecule has 5 heteroatoms. The van der Waals surface area contributed by atoms with Crippen LogP contribution in [-0.4, -0.2) is 37.4 Å². The minimum absolute atomic E-state index is 0.00787. The van der Waals surface area contributed by atoms with Crippen molar-refractivity contribution < 1.29 is 14.3 Å². The van der Waals surface area contributed by atoms with Crippen LogP contribution < -0.4 is 5.32 Å². The highest BCUT2D eigenvalue weighted by Crippen LogP contribution is 2.60. The van der Waals surface area contributed by atoms with Crippen LogP contribution >= 0.6 is 11.6 Å². The number of hydrogen-bond acceptors (Lipinski definition) is 3. The van der Waals surface area contributed by atoms with Gasteiger partial charge >= 0.3 is 0 Å². The Morgan fingerprint density at radius 3 is 2.46 bits per heavy atom. The second-order valence-electron chi connectivity index (χ2n) is 7.94. The normalized spacial score (nSPS) is 30.0. The quantitative estimate of drug-likeness (QED) is 0.812. The molecule has 4 nitrogen and oxygen atoms in total. The Kier molecular flexibility index (Phi) is 5.53. The van der Waals surface area contributed by atoms with Crippen molar-refractivity contribution >= 4 is 17.5 Å². The SMILES string of the molecule is CC[C@H](NC(=O)c1ccc(Cl)cc1)C1[C@H]2CC(OC3CCOCC3)C[C@H]12. The summed E-state index contributed by atoms with van der Waals surface area (Å²) in [5, 5.41) is 3.90. The van der Waals surface area contributed by atoms with Gasteiger partial charge in [-0.15, -0.1) is 0 Å². The maximum Gasteiger partial charge on any atom is 0.251 e. The highest BCUT2D eigenvalue weighted by Gasteiger charge is 2.59. The van der Waals surface area contributed by atoms with Crippen LogP contribution in [0.15, 0.2) is 24.3 Å². The molecule has 0 spiro atoms. The van der Waals surface area contributed by atoms with E-state index in [1.807, 2.05) is 0 Å².